The lowest BCUT2D eigenvalue weighted by atomic mass is 9.47. The fourth-order valence-electron chi connectivity index (χ4n) is 11.9. The Labute approximate surface area is 315 Å². The van der Waals surface area contributed by atoms with Crippen LogP contribution in [0.4, 0.5) is 17.1 Å². The molecular weight excluding hydrogens is 659 g/mol. The van der Waals surface area contributed by atoms with Crippen molar-refractivity contribution in [3.05, 3.63) is 163 Å². The van der Waals surface area contributed by atoms with Crippen LogP contribution in [0, 0.1) is 23.7 Å². The SMILES string of the molecule is c1ccc(-c2ccc(N(c3ccc4sc5ccccc5c4c3)c3cccc4c3-c3ccccc3C43CC4CCC5CC4CC3C5)c3ccccc23)cc1. The van der Waals surface area contributed by atoms with Crippen LogP contribution in [0.25, 0.3) is 53.2 Å². The molecule has 3 saturated carbocycles. The van der Waals surface area contributed by atoms with Crippen LogP contribution < -0.4 is 4.90 Å². The van der Waals surface area contributed by atoms with Crippen molar-refractivity contribution in [1.29, 1.82) is 0 Å². The highest BCUT2D eigenvalue weighted by Crippen LogP contribution is 2.67. The van der Waals surface area contributed by atoms with Crippen LogP contribution in [-0.2, 0) is 5.41 Å². The quantitative estimate of drug-likeness (QED) is 0.177. The first-order valence-corrected chi connectivity index (χ1v) is 20.6. The molecule has 8 aromatic rings. The molecule has 256 valence electrons. The molecule has 3 bridgehead atoms. The lowest BCUT2D eigenvalue weighted by molar-refractivity contribution is -0.0103. The number of thiophene rings is 1. The second-order valence-electron chi connectivity index (χ2n) is 16.4. The van der Waals surface area contributed by atoms with E-state index in [1.165, 1.54) is 109 Å². The van der Waals surface area contributed by atoms with Crippen LogP contribution in [0.2, 0.25) is 0 Å². The van der Waals surface area contributed by atoms with Crippen LogP contribution in [0.5, 0.6) is 0 Å². The minimum atomic E-state index is 0.0978. The smallest absolute Gasteiger partial charge is 0.0543 e. The molecule has 12 rings (SSSR count). The predicted molar refractivity (Wildman–Crippen MR) is 225 cm³/mol. The van der Waals surface area contributed by atoms with E-state index in [9.17, 15) is 0 Å². The number of benzene rings is 7. The largest absolute Gasteiger partial charge is 0.309 e. The number of hydrogen-bond acceptors (Lipinski definition) is 2. The van der Waals surface area contributed by atoms with Crippen molar-refractivity contribution in [3.8, 4) is 22.3 Å². The van der Waals surface area contributed by atoms with Gasteiger partial charge in [-0.2, -0.15) is 0 Å². The number of nitrogens with zero attached hydrogens (tertiary/aromatic N) is 1. The van der Waals surface area contributed by atoms with Crippen molar-refractivity contribution in [2.45, 2.75) is 43.9 Å². The molecule has 1 aromatic heterocycles. The summed E-state index contributed by atoms with van der Waals surface area (Å²) in [7, 11) is 0. The van der Waals surface area contributed by atoms with E-state index in [2.05, 4.69) is 157 Å². The Hall–Kier alpha value is -5.18. The zero-order valence-electron chi connectivity index (χ0n) is 29.8. The first kappa shape index (κ1) is 30.3. The van der Waals surface area contributed by atoms with Gasteiger partial charge >= 0.3 is 0 Å². The van der Waals surface area contributed by atoms with Gasteiger partial charge in [-0.3, -0.25) is 0 Å². The summed E-state index contributed by atoms with van der Waals surface area (Å²) in [6.45, 7) is 0. The molecule has 4 aliphatic rings. The first-order chi connectivity index (χ1) is 26.2. The molecule has 2 heteroatoms. The Bertz CT molecular complexity index is 2740. The molecule has 0 amide bonds. The third-order valence-corrected chi connectivity index (χ3v) is 15.2. The van der Waals surface area contributed by atoms with Crippen LogP contribution >= 0.6 is 11.3 Å². The summed E-state index contributed by atoms with van der Waals surface area (Å²) in [5.41, 5.74) is 12.5. The van der Waals surface area contributed by atoms with Crippen molar-refractivity contribution in [2.75, 3.05) is 4.90 Å². The Kier molecular flexibility index (Phi) is 6.52. The molecule has 5 atom stereocenters. The maximum absolute atomic E-state index is 2.62. The van der Waals surface area contributed by atoms with Crippen LogP contribution in [0.1, 0.15) is 49.7 Å². The molecule has 4 aliphatic carbocycles. The van der Waals surface area contributed by atoms with Gasteiger partial charge in [-0.1, -0.05) is 122 Å². The van der Waals surface area contributed by atoms with Gasteiger partial charge in [0.2, 0.25) is 0 Å². The zero-order chi connectivity index (χ0) is 34.7. The van der Waals surface area contributed by atoms with Crippen LogP contribution in [0.3, 0.4) is 0 Å². The maximum Gasteiger partial charge on any atom is 0.0543 e. The number of rotatable bonds is 4. The molecule has 1 spiro atoms. The summed E-state index contributed by atoms with van der Waals surface area (Å²) in [5.74, 6) is 3.39. The van der Waals surface area contributed by atoms with Gasteiger partial charge in [0.15, 0.2) is 0 Å². The van der Waals surface area contributed by atoms with E-state index >= 15 is 0 Å². The first-order valence-electron chi connectivity index (χ1n) is 19.8. The molecule has 0 N–H and O–H groups in total. The Balaban J connectivity index is 1.14. The minimum Gasteiger partial charge on any atom is -0.309 e. The second kappa shape index (κ2) is 11.4. The lowest BCUT2D eigenvalue weighted by Crippen LogP contribution is -2.50. The van der Waals surface area contributed by atoms with Gasteiger partial charge in [0.25, 0.3) is 0 Å². The van der Waals surface area contributed by atoms with E-state index in [0.717, 1.165) is 17.8 Å². The summed E-state index contributed by atoms with van der Waals surface area (Å²) in [4.78, 5) is 2.62. The van der Waals surface area contributed by atoms with Crippen LogP contribution in [-0.4, -0.2) is 0 Å². The number of anilines is 3. The lowest BCUT2D eigenvalue weighted by Gasteiger charge is -2.57. The molecule has 0 radical (unpaired) electrons. The predicted octanol–water partition coefficient (Wildman–Crippen LogP) is 14.5. The third-order valence-electron chi connectivity index (χ3n) is 14.0. The molecular formula is C51H41NS. The Morgan fingerprint density at radius 3 is 2.21 bits per heavy atom. The van der Waals surface area contributed by atoms with Crippen molar-refractivity contribution in [1.82, 2.24) is 0 Å². The number of hydrogen-bond donors (Lipinski definition) is 0. The highest BCUT2D eigenvalue weighted by Gasteiger charge is 2.57. The number of fused-ring (bicyclic) bond motifs is 12. The highest BCUT2D eigenvalue weighted by molar-refractivity contribution is 7.25. The van der Waals surface area contributed by atoms with E-state index in [1.54, 1.807) is 11.1 Å². The fraction of sp³-hybridized carbons (Fsp3) is 0.216. The summed E-state index contributed by atoms with van der Waals surface area (Å²) >= 11 is 1.90. The zero-order valence-corrected chi connectivity index (χ0v) is 30.7. The highest BCUT2D eigenvalue weighted by atomic mass is 32.1. The van der Waals surface area contributed by atoms with Crippen molar-refractivity contribution in [2.24, 2.45) is 23.7 Å². The van der Waals surface area contributed by atoms with Gasteiger partial charge in [-0.05, 0) is 125 Å². The third kappa shape index (κ3) is 4.30. The van der Waals surface area contributed by atoms with E-state index in [4.69, 9.17) is 0 Å². The summed E-state index contributed by atoms with van der Waals surface area (Å²) < 4.78 is 2.68. The van der Waals surface area contributed by atoms with Gasteiger partial charge in [0.1, 0.15) is 0 Å². The van der Waals surface area contributed by atoms with Crippen molar-refractivity contribution >= 4 is 59.3 Å². The Morgan fingerprint density at radius 2 is 1.28 bits per heavy atom. The van der Waals surface area contributed by atoms with Crippen molar-refractivity contribution < 1.29 is 0 Å². The summed E-state index contributed by atoms with van der Waals surface area (Å²) in [5, 5.41) is 5.22. The molecule has 1 heterocycles. The molecule has 1 nitrogen and oxygen atoms in total. The van der Waals surface area contributed by atoms with Gasteiger partial charge in [-0.15, -0.1) is 11.3 Å². The second-order valence-corrected chi connectivity index (χ2v) is 17.5. The van der Waals surface area contributed by atoms with Gasteiger partial charge in [0.05, 0.1) is 11.4 Å². The monoisotopic (exact) mass is 699 g/mol. The topological polar surface area (TPSA) is 3.24 Å². The van der Waals surface area contributed by atoms with Crippen molar-refractivity contribution in [3.63, 3.8) is 0 Å². The summed E-state index contributed by atoms with van der Waals surface area (Å²) in [6.07, 6.45) is 8.44. The maximum atomic E-state index is 2.62. The normalized spacial score (nSPS) is 23.8. The van der Waals surface area contributed by atoms with E-state index in [1.807, 2.05) is 11.3 Å². The Morgan fingerprint density at radius 1 is 0.509 bits per heavy atom. The van der Waals surface area contributed by atoms with Gasteiger partial charge in [0, 0.05) is 42.2 Å². The molecule has 53 heavy (non-hydrogen) atoms. The molecule has 3 fully saturated rings. The summed E-state index contributed by atoms with van der Waals surface area (Å²) in [6, 6.07) is 57.7. The van der Waals surface area contributed by atoms with Gasteiger partial charge < -0.3 is 4.90 Å². The fourth-order valence-corrected chi connectivity index (χ4v) is 13.0. The average molecular weight is 700 g/mol. The average Bonchev–Trinajstić information content (AvgIpc) is 3.73. The van der Waals surface area contributed by atoms with Gasteiger partial charge in [-0.25, -0.2) is 0 Å². The van der Waals surface area contributed by atoms with E-state index in [-0.39, 0.29) is 5.41 Å². The van der Waals surface area contributed by atoms with E-state index < -0.39 is 0 Å². The van der Waals surface area contributed by atoms with Crippen LogP contribution in [0.15, 0.2) is 152 Å². The standard InChI is InChI=1S/C51H41NS/c1-2-11-33(12-3-1)38-24-25-46(40-14-5-4-13-39(38)40)52(37-23-26-49-43(30-37)41-15-7-9-20-48(41)53-49)47-19-10-18-45-50(47)42-16-6-8-17-44(42)51(45)31-34-22-21-32-27-35(34)29-36(51)28-32/h1-20,23-26,30,32,34-36H,21-22,27-29,31H2. The molecule has 0 saturated heterocycles. The molecule has 7 aromatic carbocycles. The van der Waals surface area contributed by atoms with E-state index in [0.29, 0.717) is 5.92 Å². The molecule has 0 aliphatic heterocycles. The minimum absolute atomic E-state index is 0.0978. The molecule has 5 unspecified atom stereocenters.